The molecule has 0 saturated carbocycles. The van der Waals surface area contributed by atoms with Crippen molar-refractivity contribution < 1.29 is 14.6 Å². The van der Waals surface area contributed by atoms with Gasteiger partial charge in [0.05, 0.1) is 12.7 Å². The minimum atomic E-state index is -0.663. The molecule has 0 fully saturated rings. The molecule has 5 nitrogen and oxygen atoms in total. The molecule has 0 aliphatic carbocycles. The van der Waals surface area contributed by atoms with Gasteiger partial charge < -0.3 is 9.84 Å². The quantitative estimate of drug-likeness (QED) is 0.531. The zero-order valence-corrected chi connectivity index (χ0v) is 7.44. The summed E-state index contributed by atoms with van der Waals surface area (Å²) in [6.45, 7) is 0. The lowest BCUT2D eigenvalue weighted by Crippen LogP contribution is -2.17. The topological polar surface area (TPSA) is 82.3 Å². The molecule has 0 saturated heterocycles. The summed E-state index contributed by atoms with van der Waals surface area (Å²) in [5.74, 6) is -0.748. The average molecular weight is 192 g/mol. The number of amides is 1. The van der Waals surface area contributed by atoms with E-state index in [1.807, 2.05) is 5.32 Å². The number of nitriles is 1. The van der Waals surface area contributed by atoms with Crippen LogP contribution in [0.1, 0.15) is 10.4 Å². The minimum Gasteiger partial charge on any atom is -0.504 e. The van der Waals surface area contributed by atoms with Crippen molar-refractivity contribution in [3.8, 4) is 17.7 Å². The van der Waals surface area contributed by atoms with Crippen LogP contribution in [0.5, 0.6) is 11.5 Å². The Morgan fingerprint density at radius 2 is 2.36 bits per heavy atom. The number of phenolic OH excluding ortho intramolecular Hbond substituents is 1. The van der Waals surface area contributed by atoms with Crippen molar-refractivity contribution in [2.45, 2.75) is 0 Å². The highest BCUT2D eigenvalue weighted by molar-refractivity contribution is 5.98. The van der Waals surface area contributed by atoms with E-state index in [2.05, 4.69) is 0 Å². The van der Waals surface area contributed by atoms with E-state index in [4.69, 9.17) is 10.00 Å². The molecule has 0 unspecified atom stereocenters. The summed E-state index contributed by atoms with van der Waals surface area (Å²) < 4.78 is 4.80. The summed E-state index contributed by atoms with van der Waals surface area (Å²) >= 11 is 0. The van der Waals surface area contributed by atoms with Crippen molar-refractivity contribution in [2.75, 3.05) is 7.11 Å². The van der Waals surface area contributed by atoms with E-state index in [0.717, 1.165) is 0 Å². The predicted octanol–water partition coefficient (Wildman–Crippen LogP) is 0.612. The molecular weight excluding hydrogens is 184 g/mol. The first-order valence-electron chi connectivity index (χ1n) is 3.76. The standard InChI is InChI=1S/C9H8N2O3/c1-14-7-4-2-3-6(8(7)12)9(13)11-5-10/h2-4,12H,1H3,(H,11,13). The Morgan fingerprint density at radius 1 is 1.64 bits per heavy atom. The Kier molecular flexibility index (Phi) is 2.92. The lowest BCUT2D eigenvalue weighted by Gasteiger charge is -2.06. The fraction of sp³-hybridized carbons (Fsp3) is 0.111. The van der Waals surface area contributed by atoms with Gasteiger partial charge in [-0.05, 0) is 12.1 Å². The number of para-hydroxylation sites is 1. The molecule has 5 heteroatoms. The number of aromatic hydroxyl groups is 1. The lowest BCUT2D eigenvalue weighted by molar-refractivity contribution is 0.0969. The van der Waals surface area contributed by atoms with Crippen LogP contribution in [-0.4, -0.2) is 18.1 Å². The van der Waals surface area contributed by atoms with Gasteiger partial charge in [-0.2, -0.15) is 5.26 Å². The molecule has 1 aromatic rings. The molecular formula is C9H8N2O3. The summed E-state index contributed by atoms with van der Waals surface area (Å²) in [5, 5.41) is 19.6. The van der Waals surface area contributed by atoms with Crippen LogP contribution >= 0.6 is 0 Å². The van der Waals surface area contributed by atoms with E-state index in [9.17, 15) is 9.90 Å². The summed E-state index contributed by atoms with van der Waals surface area (Å²) in [7, 11) is 1.38. The van der Waals surface area contributed by atoms with Gasteiger partial charge in [-0.3, -0.25) is 10.1 Å². The highest BCUT2D eigenvalue weighted by Crippen LogP contribution is 2.28. The molecule has 1 aromatic carbocycles. The monoisotopic (exact) mass is 192 g/mol. The van der Waals surface area contributed by atoms with Gasteiger partial charge in [0.25, 0.3) is 5.91 Å². The molecule has 0 aliphatic heterocycles. The SMILES string of the molecule is COc1cccc(C(=O)NC#N)c1O. The molecule has 1 rings (SSSR count). The van der Waals surface area contributed by atoms with Gasteiger partial charge in [0, 0.05) is 0 Å². The first-order valence-corrected chi connectivity index (χ1v) is 3.76. The number of benzene rings is 1. The highest BCUT2D eigenvalue weighted by Gasteiger charge is 2.13. The van der Waals surface area contributed by atoms with Crippen molar-refractivity contribution >= 4 is 5.91 Å². The van der Waals surface area contributed by atoms with Crippen LogP contribution in [0.25, 0.3) is 0 Å². The third kappa shape index (κ3) is 1.75. The molecule has 0 heterocycles. The number of carbonyl (C=O) groups is 1. The minimum absolute atomic E-state index is 0.00546. The molecule has 0 radical (unpaired) electrons. The molecule has 72 valence electrons. The first-order chi connectivity index (χ1) is 6.70. The number of rotatable bonds is 2. The Morgan fingerprint density at radius 3 is 2.93 bits per heavy atom. The maximum absolute atomic E-state index is 11.2. The normalized spacial score (nSPS) is 8.86. The van der Waals surface area contributed by atoms with Gasteiger partial charge in [0.15, 0.2) is 17.7 Å². The van der Waals surface area contributed by atoms with E-state index < -0.39 is 5.91 Å². The average Bonchev–Trinajstić information content (AvgIpc) is 2.18. The van der Waals surface area contributed by atoms with Gasteiger partial charge in [0.1, 0.15) is 0 Å². The van der Waals surface area contributed by atoms with Crippen LogP contribution in [0.2, 0.25) is 0 Å². The molecule has 0 aromatic heterocycles. The Hall–Kier alpha value is -2.22. The smallest absolute Gasteiger partial charge is 0.268 e. The second kappa shape index (κ2) is 4.14. The van der Waals surface area contributed by atoms with Crippen LogP contribution in [-0.2, 0) is 0 Å². The third-order valence-corrected chi connectivity index (χ3v) is 1.63. The Labute approximate surface area is 80.5 Å². The van der Waals surface area contributed by atoms with Gasteiger partial charge >= 0.3 is 0 Å². The largest absolute Gasteiger partial charge is 0.504 e. The van der Waals surface area contributed by atoms with Crippen LogP contribution < -0.4 is 10.1 Å². The van der Waals surface area contributed by atoms with Gasteiger partial charge in [-0.25, -0.2) is 0 Å². The predicted molar refractivity (Wildman–Crippen MR) is 47.7 cm³/mol. The number of nitrogens with one attached hydrogen (secondary N) is 1. The molecule has 2 N–H and O–H groups in total. The fourth-order valence-electron chi connectivity index (χ4n) is 0.988. The Bertz CT molecular complexity index is 396. The third-order valence-electron chi connectivity index (χ3n) is 1.63. The van der Waals surface area contributed by atoms with E-state index >= 15 is 0 Å². The number of ether oxygens (including phenoxy) is 1. The van der Waals surface area contributed by atoms with Crippen LogP contribution in [0.4, 0.5) is 0 Å². The zero-order valence-electron chi connectivity index (χ0n) is 7.44. The second-order valence-electron chi connectivity index (χ2n) is 2.42. The molecule has 0 aliphatic rings. The summed E-state index contributed by atoms with van der Waals surface area (Å²) in [6.07, 6.45) is 1.48. The van der Waals surface area contributed by atoms with Gasteiger partial charge in [-0.15, -0.1) is 0 Å². The fourth-order valence-corrected chi connectivity index (χ4v) is 0.988. The number of hydrogen-bond donors (Lipinski definition) is 2. The maximum Gasteiger partial charge on any atom is 0.268 e. The van der Waals surface area contributed by atoms with Gasteiger partial charge in [0.2, 0.25) is 0 Å². The van der Waals surface area contributed by atoms with Crippen molar-refractivity contribution in [3.63, 3.8) is 0 Å². The van der Waals surface area contributed by atoms with E-state index in [-0.39, 0.29) is 17.1 Å². The molecule has 14 heavy (non-hydrogen) atoms. The van der Waals surface area contributed by atoms with Crippen molar-refractivity contribution in [2.24, 2.45) is 0 Å². The number of nitrogens with zero attached hydrogens (tertiary/aromatic N) is 1. The van der Waals surface area contributed by atoms with Crippen molar-refractivity contribution in [1.29, 1.82) is 5.26 Å². The molecule has 0 spiro atoms. The van der Waals surface area contributed by atoms with Gasteiger partial charge in [-0.1, -0.05) is 6.07 Å². The summed E-state index contributed by atoms with van der Waals surface area (Å²) in [6, 6.07) is 4.45. The molecule has 0 atom stereocenters. The summed E-state index contributed by atoms with van der Waals surface area (Å²) in [4.78, 5) is 11.2. The highest BCUT2D eigenvalue weighted by atomic mass is 16.5. The first kappa shape index (κ1) is 9.86. The Balaban J connectivity index is 3.10. The maximum atomic E-state index is 11.2. The number of carbonyl (C=O) groups excluding carboxylic acids is 1. The zero-order chi connectivity index (χ0) is 10.6. The molecule has 0 bridgehead atoms. The van der Waals surface area contributed by atoms with E-state index in [1.165, 1.54) is 25.4 Å². The second-order valence-corrected chi connectivity index (χ2v) is 2.42. The summed E-state index contributed by atoms with van der Waals surface area (Å²) in [5.41, 5.74) is 0.00546. The molecule has 1 amide bonds. The van der Waals surface area contributed by atoms with E-state index in [1.54, 1.807) is 6.07 Å². The number of phenols is 1. The van der Waals surface area contributed by atoms with Crippen LogP contribution in [0, 0.1) is 11.5 Å². The van der Waals surface area contributed by atoms with Crippen molar-refractivity contribution in [3.05, 3.63) is 23.8 Å². The van der Waals surface area contributed by atoms with Crippen LogP contribution in [0.15, 0.2) is 18.2 Å². The number of methoxy groups -OCH3 is 1. The van der Waals surface area contributed by atoms with Crippen molar-refractivity contribution in [1.82, 2.24) is 5.32 Å². The lowest BCUT2D eigenvalue weighted by atomic mass is 10.2. The number of hydrogen-bond acceptors (Lipinski definition) is 4. The van der Waals surface area contributed by atoms with E-state index in [0.29, 0.717) is 0 Å². The van der Waals surface area contributed by atoms with Crippen LogP contribution in [0.3, 0.4) is 0 Å².